The number of rotatable bonds is 5. The molecule has 1 fully saturated rings. The van der Waals surface area contributed by atoms with Gasteiger partial charge >= 0.3 is 0 Å². The molecular formula is C26H35NO3S. The van der Waals surface area contributed by atoms with Gasteiger partial charge in [-0.3, -0.25) is 4.79 Å². The number of carbonyl (C=O) groups excluding carboxylic acids is 1. The monoisotopic (exact) mass is 441 g/mol. The molecule has 0 unspecified atom stereocenters. The first-order valence-corrected chi connectivity index (χ1v) is 12.8. The molecule has 1 amide bonds. The summed E-state index contributed by atoms with van der Waals surface area (Å²) in [4.78, 5) is 14.6. The van der Waals surface area contributed by atoms with E-state index in [-0.39, 0.29) is 17.6 Å². The van der Waals surface area contributed by atoms with Crippen molar-refractivity contribution in [1.29, 1.82) is 0 Å². The molecule has 168 valence electrons. The van der Waals surface area contributed by atoms with E-state index in [4.69, 9.17) is 0 Å². The number of likely N-dealkylation sites (tertiary alicyclic amines) is 1. The van der Waals surface area contributed by atoms with Gasteiger partial charge in [0.05, 0.1) is 16.9 Å². The van der Waals surface area contributed by atoms with E-state index in [1.54, 1.807) is 20.8 Å². The average Bonchev–Trinajstić information content (AvgIpc) is 2.70. The largest absolute Gasteiger partial charge is 0.342 e. The van der Waals surface area contributed by atoms with E-state index in [1.807, 2.05) is 17.0 Å². The van der Waals surface area contributed by atoms with Crippen molar-refractivity contribution in [2.24, 2.45) is 5.92 Å². The predicted molar refractivity (Wildman–Crippen MR) is 128 cm³/mol. The van der Waals surface area contributed by atoms with Gasteiger partial charge < -0.3 is 4.90 Å². The molecule has 2 aromatic rings. The lowest BCUT2D eigenvalue weighted by atomic mass is 9.97. The van der Waals surface area contributed by atoms with Crippen molar-refractivity contribution >= 4 is 15.7 Å². The summed E-state index contributed by atoms with van der Waals surface area (Å²) in [5.74, 6) is 0.486. The SMILES string of the molecule is Cc1ccc(-c2ccc(CC(=O)N3CCC(CS(=O)(=O)C(C)(C)C)CC3)cc2)cc1C. The molecule has 0 saturated carbocycles. The predicted octanol–water partition coefficient (Wildman–Crippen LogP) is 4.96. The van der Waals surface area contributed by atoms with Gasteiger partial charge in [-0.05, 0) is 81.2 Å². The van der Waals surface area contributed by atoms with E-state index in [0.29, 0.717) is 19.5 Å². The van der Waals surface area contributed by atoms with Crippen molar-refractivity contribution in [3.63, 3.8) is 0 Å². The molecule has 3 rings (SSSR count). The van der Waals surface area contributed by atoms with E-state index >= 15 is 0 Å². The first kappa shape index (κ1) is 23.5. The van der Waals surface area contributed by atoms with Crippen LogP contribution in [0.15, 0.2) is 42.5 Å². The molecule has 1 saturated heterocycles. The van der Waals surface area contributed by atoms with Crippen LogP contribution in [0.1, 0.15) is 50.3 Å². The molecule has 0 N–H and O–H groups in total. The topological polar surface area (TPSA) is 54.5 Å². The molecule has 1 aliphatic rings. The maximum absolute atomic E-state index is 12.8. The van der Waals surface area contributed by atoms with Crippen molar-refractivity contribution in [3.05, 3.63) is 59.2 Å². The van der Waals surface area contributed by atoms with Gasteiger partial charge in [-0.15, -0.1) is 0 Å². The third kappa shape index (κ3) is 5.76. The number of piperidine rings is 1. The Balaban J connectivity index is 1.55. The van der Waals surface area contributed by atoms with Crippen molar-refractivity contribution in [1.82, 2.24) is 4.90 Å². The highest BCUT2D eigenvalue weighted by atomic mass is 32.2. The summed E-state index contributed by atoms with van der Waals surface area (Å²) >= 11 is 0. The quantitative estimate of drug-likeness (QED) is 0.659. The molecule has 0 aromatic heterocycles. The second-order valence-corrected chi connectivity index (χ2v) is 12.7. The molecule has 0 radical (unpaired) electrons. The zero-order chi connectivity index (χ0) is 22.8. The third-order valence-electron chi connectivity index (χ3n) is 6.50. The number of aryl methyl sites for hydroxylation is 2. The minimum atomic E-state index is -3.12. The van der Waals surface area contributed by atoms with Crippen LogP contribution in [0.3, 0.4) is 0 Å². The lowest BCUT2D eigenvalue weighted by Crippen LogP contribution is -2.42. The van der Waals surface area contributed by atoms with Gasteiger partial charge in [0.25, 0.3) is 0 Å². The highest BCUT2D eigenvalue weighted by Gasteiger charge is 2.33. The molecule has 0 bridgehead atoms. The Labute approximate surface area is 187 Å². The molecule has 0 atom stereocenters. The summed E-state index contributed by atoms with van der Waals surface area (Å²) in [6, 6.07) is 14.7. The van der Waals surface area contributed by atoms with Crippen LogP contribution < -0.4 is 0 Å². The summed E-state index contributed by atoms with van der Waals surface area (Å²) in [7, 11) is -3.12. The van der Waals surface area contributed by atoms with Gasteiger partial charge in [0.1, 0.15) is 0 Å². The molecule has 1 aliphatic heterocycles. The zero-order valence-corrected chi connectivity index (χ0v) is 20.3. The third-order valence-corrected chi connectivity index (χ3v) is 9.28. The number of hydrogen-bond donors (Lipinski definition) is 0. The van der Waals surface area contributed by atoms with Gasteiger partial charge in [0.2, 0.25) is 5.91 Å². The van der Waals surface area contributed by atoms with Crippen LogP contribution in [0.4, 0.5) is 0 Å². The Morgan fingerprint density at radius 2 is 1.52 bits per heavy atom. The fourth-order valence-corrected chi connectivity index (χ4v) is 5.39. The highest BCUT2D eigenvalue weighted by Crippen LogP contribution is 2.26. The van der Waals surface area contributed by atoms with Crippen molar-refractivity contribution in [3.8, 4) is 11.1 Å². The van der Waals surface area contributed by atoms with E-state index in [2.05, 4.69) is 44.2 Å². The van der Waals surface area contributed by atoms with Crippen LogP contribution in [-0.4, -0.2) is 42.8 Å². The molecule has 5 heteroatoms. The lowest BCUT2D eigenvalue weighted by Gasteiger charge is -2.33. The second kappa shape index (κ2) is 9.15. The van der Waals surface area contributed by atoms with Gasteiger partial charge in [-0.1, -0.05) is 42.5 Å². The molecule has 4 nitrogen and oxygen atoms in total. The summed E-state index contributed by atoms with van der Waals surface area (Å²) in [5, 5.41) is 0. The normalized spacial score (nSPS) is 15.8. The molecule has 1 heterocycles. The molecule has 2 aromatic carbocycles. The Kier molecular flexibility index (Phi) is 6.95. The Bertz CT molecular complexity index is 1030. The summed E-state index contributed by atoms with van der Waals surface area (Å²) in [6.45, 7) is 10.8. The zero-order valence-electron chi connectivity index (χ0n) is 19.4. The fourth-order valence-electron chi connectivity index (χ4n) is 3.93. The average molecular weight is 442 g/mol. The number of sulfone groups is 1. The number of carbonyl (C=O) groups is 1. The smallest absolute Gasteiger partial charge is 0.226 e. The number of nitrogens with zero attached hydrogens (tertiary/aromatic N) is 1. The van der Waals surface area contributed by atoms with Crippen LogP contribution in [0.25, 0.3) is 11.1 Å². The van der Waals surface area contributed by atoms with E-state index in [0.717, 1.165) is 24.0 Å². The van der Waals surface area contributed by atoms with Crippen LogP contribution in [0, 0.1) is 19.8 Å². The molecule has 31 heavy (non-hydrogen) atoms. The van der Waals surface area contributed by atoms with Crippen LogP contribution in [0.2, 0.25) is 0 Å². The fraction of sp³-hybridized carbons (Fsp3) is 0.500. The van der Waals surface area contributed by atoms with E-state index in [1.165, 1.54) is 16.7 Å². The van der Waals surface area contributed by atoms with Crippen molar-refractivity contribution in [2.75, 3.05) is 18.8 Å². The van der Waals surface area contributed by atoms with Crippen LogP contribution >= 0.6 is 0 Å². The first-order chi connectivity index (χ1) is 14.5. The number of benzene rings is 2. The van der Waals surface area contributed by atoms with Gasteiger partial charge in [0.15, 0.2) is 9.84 Å². The van der Waals surface area contributed by atoms with Crippen molar-refractivity contribution < 1.29 is 13.2 Å². The highest BCUT2D eigenvalue weighted by molar-refractivity contribution is 7.92. The maximum atomic E-state index is 12.8. The van der Waals surface area contributed by atoms with Gasteiger partial charge in [-0.25, -0.2) is 8.42 Å². The summed E-state index contributed by atoms with van der Waals surface area (Å²) in [5.41, 5.74) is 5.91. The van der Waals surface area contributed by atoms with Crippen LogP contribution in [-0.2, 0) is 21.1 Å². The summed E-state index contributed by atoms with van der Waals surface area (Å²) in [6.07, 6.45) is 1.90. The van der Waals surface area contributed by atoms with Crippen LogP contribution in [0.5, 0.6) is 0 Å². The number of amides is 1. The van der Waals surface area contributed by atoms with Crippen molar-refractivity contribution in [2.45, 2.75) is 58.6 Å². The maximum Gasteiger partial charge on any atom is 0.226 e. The Hall–Kier alpha value is -2.14. The number of hydrogen-bond acceptors (Lipinski definition) is 3. The lowest BCUT2D eigenvalue weighted by molar-refractivity contribution is -0.131. The van der Waals surface area contributed by atoms with Gasteiger partial charge in [-0.2, -0.15) is 0 Å². The minimum Gasteiger partial charge on any atom is -0.342 e. The molecular weight excluding hydrogens is 406 g/mol. The summed E-state index contributed by atoms with van der Waals surface area (Å²) < 4.78 is 24.2. The molecule has 0 spiro atoms. The van der Waals surface area contributed by atoms with E-state index < -0.39 is 14.6 Å². The molecule has 0 aliphatic carbocycles. The Morgan fingerprint density at radius 1 is 0.935 bits per heavy atom. The van der Waals surface area contributed by atoms with Gasteiger partial charge in [0, 0.05) is 13.1 Å². The van der Waals surface area contributed by atoms with E-state index in [9.17, 15) is 13.2 Å². The second-order valence-electron chi connectivity index (χ2n) is 9.89. The Morgan fingerprint density at radius 3 is 2.06 bits per heavy atom. The first-order valence-electron chi connectivity index (χ1n) is 11.1. The minimum absolute atomic E-state index is 0.121. The standard InChI is InChI=1S/C26H35NO3S/c1-19-6-9-24(16-20(19)2)23-10-7-21(8-11-23)17-25(28)27-14-12-22(13-15-27)18-31(29,30)26(3,4)5/h6-11,16,22H,12-15,17-18H2,1-5H3.